The molecule has 2 rings (SSSR count). The number of ether oxygens (including phenoxy) is 1. The number of halogens is 1. The van der Waals surface area contributed by atoms with Crippen LogP contribution in [0, 0.1) is 18.2 Å². The second-order valence-corrected chi connectivity index (χ2v) is 6.82. The lowest BCUT2D eigenvalue weighted by Gasteiger charge is -2.24. The summed E-state index contributed by atoms with van der Waals surface area (Å²) in [4.78, 5) is 22.9. The van der Waals surface area contributed by atoms with E-state index in [-0.39, 0.29) is 18.7 Å². The minimum atomic E-state index is -0.454. The molecule has 7 heteroatoms. The normalized spacial score (nSPS) is 16.2. The van der Waals surface area contributed by atoms with Crippen LogP contribution in [0.3, 0.4) is 0 Å². The molecule has 1 atom stereocenters. The smallest absolute Gasteiger partial charge is 0.410 e. The molecule has 1 aliphatic rings. The number of hydrogen-bond acceptors (Lipinski definition) is 4. The Kier molecular flexibility index (Phi) is 8.07. The number of aliphatic hydroxyl groups is 1. The largest absolute Gasteiger partial charge is 0.444 e. The number of benzene rings is 1. The fraction of sp³-hybridized carbons (Fsp3) is 0.474. The van der Waals surface area contributed by atoms with Crippen molar-refractivity contribution >= 4 is 12.5 Å². The molecular weight excluding hydrogens is 339 g/mol. The van der Waals surface area contributed by atoms with E-state index in [1.807, 2.05) is 20.8 Å². The van der Waals surface area contributed by atoms with Gasteiger partial charge >= 0.3 is 6.09 Å². The highest BCUT2D eigenvalue weighted by Crippen LogP contribution is 2.14. The van der Waals surface area contributed by atoms with Gasteiger partial charge in [-0.3, -0.25) is 4.79 Å². The van der Waals surface area contributed by atoms with Crippen molar-refractivity contribution in [2.45, 2.75) is 45.4 Å². The molecule has 6 nitrogen and oxygen atoms in total. The second-order valence-electron chi connectivity index (χ2n) is 6.82. The Bertz CT molecular complexity index is 664. The molecule has 0 bridgehead atoms. The standard InChI is InChI=1S/C10H8FNO.C9H17NO3/c1-2-8-3-4-9(6-12-7-13)10(11)5-8;1-9(2,3)13-8(12)10-5-4-7(11)6-10/h1,3-5,7H,6H2,(H,12,13);7,11H,4-6H2,1-3H3. The number of terminal acetylenes is 1. The van der Waals surface area contributed by atoms with Crippen molar-refractivity contribution in [3.05, 3.63) is 35.1 Å². The van der Waals surface area contributed by atoms with Crippen LogP contribution in [0.4, 0.5) is 9.18 Å². The van der Waals surface area contributed by atoms with E-state index < -0.39 is 11.4 Å². The number of likely N-dealkylation sites (tertiary alicyclic amines) is 1. The summed E-state index contributed by atoms with van der Waals surface area (Å²) in [6, 6.07) is 4.45. The van der Waals surface area contributed by atoms with Crippen LogP contribution >= 0.6 is 0 Å². The molecule has 142 valence electrons. The van der Waals surface area contributed by atoms with Crippen LogP contribution in [0.1, 0.15) is 38.3 Å². The van der Waals surface area contributed by atoms with Crippen molar-refractivity contribution in [2.75, 3.05) is 13.1 Å². The number of aliphatic hydroxyl groups excluding tert-OH is 1. The van der Waals surface area contributed by atoms with Crippen molar-refractivity contribution in [1.82, 2.24) is 10.2 Å². The van der Waals surface area contributed by atoms with Gasteiger partial charge in [0, 0.05) is 30.8 Å². The van der Waals surface area contributed by atoms with E-state index in [0.717, 1.165) is 0 Å². The van der Waals surface area contributed by atoms with Crippen molar-refractivity contribution < 1.29 is 23.8 Å². The average Bonchev–Trinajstić information content (AvgIpc) is 2.99. The lowest BCUT2D eigenvalue weighted by Crippen LogP contribution is -2.35. The van der Waals surface area contributed by atoms with Crippen molar-refractivity contribution in [2.24, 2.45) is 0 Å². The number of nitrogens with zero attached hydrogens (tertiary/aromatic N) is 1. The fourth-order valence-electron chi connectivity index (χ4n) is 2.17. The molecule has 1 saturated heterocycles. The Labute approximate surface area is 153 Å². The van der Waals surface area contributed by atoms with E-state index in [1.165, 1.54) is 11.0 Å². The van der Waals surface area contributed by atoms with Gasteiger partial charge in [-0.25, -0.2) is 9.18 Å². The van der Waals surface area contributed by atoms with E-state index in [9.17, 15) is 19.1 Å². The first-order valence-corrected chi connectivity index (χ1v) is 8.24. The highest BCUT2D eigenvalue weighted by Gasteiger charge is 2.28. The highest BCUT2D eigenvalue weighted by molar-refractivity contribution is 5.68. The third-order valence-electron chi connectivity index (χ3n) is 3.41. The number of rotatable bonds is 3. The van der Waals surface area contributed by atoms with Gasteiger partial charge in [0.05, 0.1) is 6.10 Å². The number of amides is 2. The van der Waals surface area contributed by atoms with Crippen LogP contribution in [-0.2, 0) is 16.1 Å². The van der Waals surface area contributed by atoms with Crippen LogP contribution < -0.4 is 5.32 Å². The van der Waals surface area contributed by atoms with Gasteiger partial charge in [-0.2, -0.15) is 0 Å². The molecule has 2 amide bonds. The first-order valence-electron chi connectivity index (χ1n) is 8.24. The van der Waals surface area contributed by atoms with Gasteiger partial charge in [-0.05, 0) is 39.3 Å². The van der Waals surface area contributed by atoms with E-state index >= 15 is 0 Å². The average molecular weight is 364 g/mol. The number of nitrogens with one attached hydrogen (secondary N) is 1. The van der Waals surface area contributed by atoms with Gasteiger partial charge in [0.1, 0.15) is 11.4 Å². The van der Waals surface area contributed by atoms with Crippen LogP contribution in [0.5, 0.6) is 0 Å². The van der Waals surface area contributed by atoms with Crippen molar-refractivity contribution in [1.29, 1.82) is 0 Å². The van der Waals surface area contributed by atoms with Crippen LogP contribution in [0.15, 0.2) is 18.2 Å². The molecular formula is C19H25FN2O4. The molecule has 1 unspecified atom stereocenters. The van der Waals surface area contributed by atoms with Crippen LogP contribution in [0.2, 0.25) is 0 Å². The molecule has 0 saturated carbocycles. The lowest BCUT2D eigenvalue weighted by atomic mass is 10.1. The monoisotopic (exact) mass is 364 g/mol. The highest BCUT2D eigenvalue weighted by atomic mass is 19.1. The molecule has 0 radical (unpaired) electrons. The van der Waals surface area contributed by atoms with Gasteiger partial charge < -0.3 is 20.1 Å². The topological polar surface area (TPSA) is 78.9 Å². The minimum Gasteiger partial charge on any atom is -0.444 e. The summed E-state index contributed by atoms with van der Waals surface area (Å²) in [7, 11) is 0. The first kappa shape index (κ1) is 21.5. The Morgan fingerprint density at radius 3 is 2.69 bits per heavy atom. The molecule has 1 aliphatic heterocycles. The number of carbonyl (C=O) groups is 2. The zero-order valence-corrected chi connectivity index (χ0v) is 15.3. The van der Waals surface area contributed by atoms with Gasteiger partial charge in [0.25, 0.3) is 0 Å². The molecule has 0 aliphatic carbocycles. The number of hydrogen-bond donors (Lipinski definition) is 2. The van der Waals surface area contributed by atoms with Crippen LogP contribution in [0.25, 0.3) is 0 Å². The molecule has 0 aromatic heterocycles. The maximum Gasteiger partial charge on any atom is 0.410 e. The predicted molar refractivity (Wildman–Crippen MR) is 95.7 cm³/mol. The maximum absolute atomic E-state index is 13.1. The van der Waals surface area contributed by atoms with Crippen molar-refractivity contribution in [3.63, 3.8) is 0 Å². The summed E-state index contributed by atoms with van der Waals surface area (Å²) in [5.41, 5.74) is 0.461. The Morgan fingerprint density at radius 2 is 2.23 bits per heavy atom. The maximum atomic E-state index is 13.1. The van der Waals surface area contributed by atoms with Gasteiger partial charge in [-0.1, -0.05) is 12.0 Å². The van der Waals surface area contributed by atoms with Gasteiger partial charge in [-0.15, -0.1) is 6.42 Å². The van der Waals surface area contributed by atoms with E-state index in [0.29, 0.717) is 37.0 Å². The first-order chi connectivity index (χ1) is 12.2. The molecule has 1 aromatic carbocycles. The molecule has 26 heavy (non-hydrogen) atoms. The van der Waals surface area contributed by atoms with Crippen LogP contribution in [-0.4, -0.2) is 47.3 Å². The predicted octanol–water partition coefficient (Wildman–Crippen LogP) is 2.04. The lowest BCUT2D eigenvalue weighted by molar-refractivity contribution is -0.109. The molecule has 1 fully saturated rings. The Morgan fingerprint density at radius 1 is 1.54 bits per heavy atom. The van der Waals surface area contributed by atoms with Crippen molar-refractivity contribution in [3.8, 4) is 12.3 Å². The van der Waals surface area contributed by atoms with E-state index in [2.05, 4.69) is 11.2 Å². The second kappa shape index (κ2) is 9.78. The summed E-state index contributed by atoms with van der Waals surface area (Å²) < 4.78 is 18.3. The summed E-state index contributed by atoms with van der Waals surface area (Å²) in [5.74, 6) is 1.92. The summed E-state index contributed by atoms with van der Waals surface area (Å²) >= 11 is 0. The third kappa shape index (κ3) is 7.53. The number of β-amino-alcohol motifs (C(OH)–C–C–N with tert-alkyl or cyclic N) is 1. The summed E-state index contributed by atoms with van der Waals surface area (Å²) in [5, 5.41) is 11.6. The third-order valence-corrected chi connectivity index (χ3v) is 3.41. The molecule has 1 aromatic rings. The Balaban J connectivity index is 0.000000260. The molecule has 0 spiro atoms. The van der Waals surface area contributed by atoms with Gasteiger partial charge in [0.15, 0.2) is 0 Å². The molecule has 2 N–H and O–H groups in total. The van der Waals surface area contributed by atoms with Gasteiger partial charge in [0.2, 0.25) is 6.41 Å². The Hall–Kier alpha value is -2.59. The van der Waals surface area contributed by atoms with E-state index in [4.69, 9.17) is 11.2 Å². The summed E-state index contributed by atoms with van der Waals surface area (Å²) in [6.45, 7) is 6.66. The zero-order chi connectivity index (χ0) is 19.7. The number of carbonyl (C=O) groups excluding carboxylic acids is 2. The molecule has 1 heterocycles. The zero-order valence-electron chi connectivity index (χ0n) is 15.3. The van der Waals surface area contributed by atoms with E-state index in [1.54, 1.807) is 12.1 Å². The fourth-order valence-corrected chi connectivity index (χ4v) is 2.17. The minimum absolute atomic E-state index is 0.181. The quantitative estimate of drug-likeness (QED) is 0.636. The SMILES string of the molecule is C#Cc1ccc(CNC=O)c(F)c1.CC(C)(C)OC(=O)N1CCC(O)C1. The summed E-state index contributed by atoms with van der Waals surface area (Å²) in [6.07, 6.45) is 5.54.